The van der Waals surface area contributed by atoms with Crippen LogP contribution in [0, 0.1) is 0 Å². The predicted molar refractivity (Wildman–Crippen MR) is 130 cm³/mol. The van der Waals surface area contributed by atoms with Gasteiger partial charge < -0.3 is 15.6 Å². The molecule has 2 unspecified atom stereocenters. The molecule has 3 heterocycles. The number of fused-ring (bicyclic) bond motifs is 2. The number of rotatable bonds is 6. The van der Waals surface area contributed by atoms with Gasteiger partial charge in [0.1, 0.15) is 0 Å². The highest BCUT2D eigenvalue weighted by Crippen LogP contribution is 2.34. The number of anilines is 1. The number of thioether (sulfide) groups is 1. The van der Waals surface area contributed by atoms with Gasteiger partial charge in [0, 0.05) is 34.6 Å². The number of hydrogen-bond acceptors (Lipinski definition) is 6. The van der Waals surface area contributed by atoms with Crippen molar-refractivity contribution >= 4 is 49.3 Å². The van der Waals surface area contributed by atoms with Crippen LogP contribution in [0.15, 0.2) is 59.7 Å². The number of H-pyrrole nitrogens is 1. The van der Waals surface area contributed by atoms with Gasteiger partial charge >= 0.3 is 0 Å². The molecule has 32 heavy (non-hydrogen) atoms. The van der Waals surface area contributed by atoms with Crippen molar-refractivity contribution in [2.24, 2.45) is 4.99 Å². The molecule has 0 bridgehead atoms. The molecule has 2 aliphatic heterocycles. The topological polar surface area (TPSA) is 103 Å². The van der Waals surface area contributed by atoms with E-state index >= 15 is 0 Å². The van der Waals surface area contributed by atoms with Gasteiger partial charge in [-0.05, 0) is 35.7 Å². The van der Waals surface area contributed by atoms with Crippen LogP contribution in [0.2, 0.25) is 0 Å². The summed E-state index contributed by atoms with van der Waals surface area (Å²) in [5.41, 5.74) is 4.12. The van der Waals surface area contributed by atoms with Crippen LogP contribution in [0.5, 0.6) is 0 Å². The Hall–Kier alpha value is -2.78. The molecular formula is C23H24N4O3S2. The Kier molecular flexibility index (Phi) is 5.69. The molecule has 0 saturated carbocycles. The Bertz CT molecular complexity index is 1280. The first-order valence-electron chi connectivity index (χ1n) is 10.6. The number of nitrogens with zero attached hydrogens (tertiary/aromatic N) is 1. The minimum atomic E-state index is -2.94. The van der Waals surface area contributed by atoms with Crippen LogP contribution in [-0.4, -0.2) is 53.8 Å². The Balaban J connectivity index is 1.10. The van der Waals surface area contributed by atoms with Crippen LogP contribution < -0.4 is 10.6 Å². The van der Waals surface area contributed by atoms with E-state index in [9.17, 15) is 13.2 Å². The largest absolute Gasteiger partial charge is 0.361 e. The molecule has 1 aromatic heterocycles. The van der Waals surface area contributed by atoms with Crippen molar-refractivity contribution < 1.29 is 13.2 Å². The van der Waals surface area contributed by atoms with Crippen molar-refractivity contribution in [2.75, 3.05) is 23.4 Å². The molecule has 1 amide bonds. The van der Waals surface area contributed by atoms with E-state index in [0.717, 1.165) is 28.4 Å². The lowest BCUT2D eigenvalue weighted by Gasteiger charge is -2.08. The fourth-order valence-corrected chi connectivity index (χ4v) is 7.84. The number of carbonyl (C=O) groups is 1. The fraction of sp³-hybridized carbons (Fsp3) is 0.304. The van der Waals surface area contributed by atoms with E-state index in [1.807, 2.05) is 48.7 Å². The second-order valence-corrected chi connectivity index (χ2v) is 11.6. The highest BCUT2D eigenvalue weighted by Gasteiger charge is 2.42. The third-order valence-corrected chi connectivity index (χ3v) is 8.92. The average molecular weight is 469 g/mol. The maximum absolute atomic E-state index is 12.3. The number of benzene rings is 2. The normalized spacial score (nSPS) is 21.3. The third-order valence-electron chi connectivity index (χ3n) is 5.78. The molecule has 7 nitrogen and oxygen atoms in total. The van der Waals surface area contributed by atoms with Gasteiger partial charge in [-0.2, -0.15) is 0 Å². The molecule has 9 heteroatoms. The van der Waals surface area contributed by atoms with Crippen LogP contribution in [0.1, 0.15) is 11.1 Å². The zero-order valence-corrected chi connectivity index (χ0v) is 19.0. The number of sulfone groups is 1. The summed E-state index contributed by atoms with van der Waals surface area (Å²) in [6, 6.07) is 15.7. The van der Waals surface area contributed by atoms with E-state index in [1.54, 1.807) is 0 Å². The number of carbonyl (C=O) groups excluding carboxylic acids is 1. The summed E-state index contributed by atoms with van der Waals surface area (Å²) in [5, 5.41) is 8.23. The maximum Gasteiger partial charge on any atom is 0.224 e. The summed E-state index contributed by atoms with van der Waals surface area (Å²) >= 11 is 1.50. The van der Waals surface area contributed by atoms with Gasteiger partial charge in [-0.15, -0.1) is 0 Å². The van der Waals surface area contributed by atoms with Crippen LogP contribution in [0.25, 0.3) is 10.9 Å². The Morgan fingerprint density at radius 2 is 1.94 bits per heavy atom. The molecule has 1 saturated heterocycles. The maximum atomic E-state index is 12.3. The number of aromatic nitrogens is 1. The van der Waals surface area contributed by atoms with E-state index in [-0.39, 0.29) is 28.7 Å². The van der Waals surface area contributed by atoms with E-state index in [2.05, 4.69) is 26.7 Å². The molecule has 3 N–H and O–H groups in total. The van der Waals surface area contributed by atoms with E-state index in [4.69, 9.17) is 0 Å². The van der Waals surface area contributed by atoms with Crippen molar-refractivity contribution in [3.8, 4) is 0 Å². The molecule has 3 aromatic rings. The van der Waals surface area contributed by atoms with Crippen LogP contribution in [0.4, 0.5) is 5.69 Å². The molecule has 0 radical (unpaired) electrons. The van der Waals surface area contributed by atoms with Crippen molar-refractivity contribution in [1.29, 1.82) is 0 Å². The Labute approximate surface area is 191 Å². The lowest BCUT2D eigenvalue weighted by atomic mass is 10.1. The van der Waals surface area contributed by atoms with Crippen LogP contribution in [0.3, 0.4) is 0 Å². The second kappa shape index (κ2) is 8.63. The summed E-state index contributed by atoms with van der Waals surface area (Å²) in [5.74, 6) is 0.338. The number of para-hydroxylation sites is 1. The third kappa shape index (κ3) is 4.68. The first kappa shape index (κ1) is 21.1. The minimum absolute atomic E-state index is 0.00434. The molecular weight excluding hydrogens is 444 g/mol. The number of aliphatic imine (C=N–C) groups is 1. The summed E-state index contributed by atoms with van der Waals surface area (Å²) in [6.07, 6.45) is 3.11. The molecule has 2 aliphatic rings. The smallest absolute Gasteiger partial charge is 0.224 e. The van der Waals surface area contributed by atoms with E-state index in [0.29, 0.717) is 13.0 Å². The Morgan fingerprint density at radius 3 is 2.75 bits per heavy atom. The highest BCUT2D eigenvalue weighted by atomic mass is 32.2. The van der Waals surface area contributed by atoms with Crippen molar-refractivity contribution in [3.63, 3.8) is 0 Å². The van der Waals surface area contributed by atoms with Gasteiger partial charge in [0.2, 0.25) is 5.91 Å². The molecule has 0 aliphatic carbocycles. The van der Waals surface area contributed by atoms with Crippen molar-refractivity contribution in [1.82, 2.24) is 10.3 Å². The van der Waals surface area contributed by atoms with Gasteiger partial charge in [-0.25, -0.2) is 8.42 Å². The lowest BCUT2D eigenvalue weighted by Crippen LogP contribution is -2.27. The fourth-order valence-electron chi connectivity index (χ4n) is 4.17. The number of hydrogen-bond donors (Lipinski definition) is 3. The van der Waals surface area contributed by atoms with Gasteiger partial charge in [0.15, 0.2) is 15.0 Å². The van der Waals surface area contributed by atoms with E-state index in [1.165, 1.54) is 22.7 Å². The molecule has 166 valence electrons. The zero-order valence-electron chi connectivity index (χ0n) is 17.4. The summed E-state index contributed by atoms with van der Waals surface area (Å²) in [4.78, 5) is 20.1. The van der Waals surface area contributed by atoms with Crippen molar-refractivity contribution in [3.05, 3.63) is 65.9 Å². The summed E-state index contributed by atoms with van der Waals surface area (Å²) in [6.45, 7) is 0.593. The Morgan fingerprint density at radius 1 is 1.12 bits per heavy atom. The standard InChI is InChI=1S/C23H24N4O3S2/c28-22(24-10-9-16-12-25-19-4-2-1-3-18(16)19)11-15-5-7-17(8-6-15)26-23-27-20-13-32(29,30)14-21(20)31-23/h1-8,12,20-21,25H,9-11,13-14H2,(H,24,28)(H,26,27). The predicted octanol–water partition coefficient (Wildman–Crippen LogP) is 2.75. The van der Waals surface area contributed by atoms with Gasteiger partial charge in [0.05, 0.1) is 24.0 Å². The van der Waals surface area contributed by atoms with Gasteiger partial charge in [-0.3, -0.25) is 9.79 Å². The number of amides is 1. The molecule has 0 spiro atoms. The van der Waals surface area contributed by atoms with Gasteiger partial charge in [0.25, 0.3) is 0 Å². The number of amidine groups is 1. The lowest BCUT2D eigenvalue weighted by molar-refractivity contribution is -0.120. The second-order valence-electron chi connectivity index (χ2n) is 8.19. The first-order valence-corrected chi connectivity index (χ1v) is 13.3. The molecule has 2 aromatic carbocycles. The van der Waals surface area contributed by atoms with E-state index < -0.39 is 9.84 Å². The van der Waals surface area contributed by atoms with Crippen LogP contribution in [-0.2, 0) is 27.5 Å². The minimum Gasteiger partial charge on any atom is -0.361 e. The number of nitrogens with one attached hydrogen (secondary N) is 3. The molecule has 1 fully saturated rings. The monoisotopic (exact) mass is 468 g/mol. The number of aromatic amines is 1. The molecule has 5 rings (SSSR count). The SMILES string of the molecule is O=C(Cc1ccc(NC2=NC3CS(=O)(=O)CC3S2)cc1)NCCc1c[nH]c2ccccc12. The van der Waals surface area contributed by atoms with Crippen LogP contribution >= 0.6 is 11.8 Å². The van der Waals surface area contributed by atoms with Crippen molar-refractivity contribution in [2.45, 2.75) is 24.1 Å². The highest BCUT2D eigenvalue weighted by molar-refractivity contribution is 8.15. The molecule has 2 atom stereocenters. The summed E-state index contributed by atoms with van der Waals surface area (Å²) < 4.78 is 23.4. The zero-order chi connectivity index (χ0) is 22.1. The average Bonchev–Trinajstić information content (AvgIpc) is 3.40. The van der Waals surface area contributed by atoms with Gasteiger partial charge in [-0.1, -0.05) is 42.1 Å². The summed E-state index contributed by atoms with van der Waals surface area (Å²) in [7, 11) is -2.94. The quantitative estimate of drug-likeness (QED) is 0.516. The first-order chi connectivity index (χ1) is 15.4.